The van der Waals surface area contributed by atoms with Gasteiger partial charge in [-0.2, -0.15) is 0 Å². The summed E-state index contributed by atoms with van der Waals surface area (Å²) in [6.45, 7) is 4.97. The van der Waals surface area contributed by atoms with Gasteiger partial charge in [-0.15, -0.1) is 0 Å². The zero-order valence-electron chi connectivity index (χ0n) is 18.6. The summed E-state index contributed by atoms with van der Waals surface area (Å²) in [4.78, 5) is 11.6. The first-order valence-corrected chi connectivity index (χ1v) is 10.6. The van der Waals surface area contributed by atoms with Crippen LogP contribution in [0, 0.1) is 11.8 Å². The summed E-state index contributed by atoms with van der Waals surface area (Å²) in [5, 5.41) is 53.1. The predicted octanol–water partition coefficient (Wildman–Crippen LogP) is -2.90. The monoisotopic (exact) mass is 450 g/mol. The van der Waals surface area contributed by atoms with Gasteiger partial charge in [-0.1, -0.05) is 6.92 Å². The van der Waals surface area contributed by atoms with Crippen molar-refractivity contribution in [3.05, 3.63) is 0 Å². The van der Waals surface area contributed by atoms with E-state index in [1.54, 1.807) is 20.8 Å². The van der Waals surface area contributed by atoms with Gasteiger partial charge < -0.3 is 50.8 Å². The minimum Gasteiger partial charge on any atom is -0.394 e. The van der Waals surface area contributed by atoms with E-state index in [0.717, 1.165) is 0 Å². The zero-order chi connectivity index (χ0) is 23.6. The standard InChI is InChI=1S/C20H38N2O9/c1-10-13(5-23)30-20(4,17(21)15(10)27)9-29-7-12-14(6-24)31-19(3,8-25)18(16(12)28)22-11(2)26/h10,12-18,23-25,27-28H,5-9,21H2,1-4H3,(H,22,26)/t10-,12-,13-,14-,15+,16+,17-,18-,19+,20+/m1/s1. The van der Waals surface area contributed by atoms with E-state index in [4.69, 9.17) is 19.9 Å². The molecule has 0 aliphatic carbocycles. The number of hydrogen-bond donors (Lipinski definition) is 7. The largest absolute Gasteiger partial charge is 0.394 e. The van der Waals surface area contributed by atoms with Crippen LogP contribution in [0.5, 0.6) is 0 Å². The van der Waals surface area contributed by atoms with E-state index < -0.39 is 72.7 Å². The number of ether oxygens (including phenoxy) is 3. The number of amides is 1. The van der Waals surface area contributed by atoms with Crippen LogP contribution < -0.4 is 11.1 Å². The first kappa shape index (κ1) is 26.4. The van der Waals surface area contributed by atoms with Crippen molar-refractivity contribution in [2.24, 2.45) is 17.6 Å². The van der Waals surface area contributed by atoms with Gasteiger partial charge in [0.1, 0.15) is 11.2 Å². The van der Waals surface area contributed by atoms with Crippen LogP contribution in [0.1, 0.15) is 27.7 Å². The van der Waals surface area contributed by atoms with E-state index in [9.17, 15) is 30.3 Å². The van der Waals surface area contributed by atoms with Gasteiger partial charge in [-0.05, 0) is 13.8 Å². The molecule has 8 N–H and O–H groups in total. The summed E-state index contributed by atoms with van der Waals surface area (Å²) in [6.07, 6.45) is -3.52. The number of aliphatic hydroxyl groups is 5. The first-order valence-electron chi connectivity index (χ1n) is 10.6. The Morgan fingerprint density at radius 3 is 2.16 bits per heavy atom. The number of aliphatic hydroxyl groups excluding tert-OH is 5. The molecule has 0 saturated carbocycles. The molecule has 182 valence electrons. The van der Waals surface area contributed by atoms with Crippen molar-refractivity contribution in [3.63, 3.8) is 0 Å². The Bertz CT molecular complexity index is 609. The summed E-state index contributed by atoms with van der Waals surface area (Å²) in [5.41, 5.74) is 3.79. The number of nitrogens with one attached hydrogen (secondary N) is 1. The summed E-state index contributed by atoms with van der Waals surface area (Å²) < 4.78 is 17.6. The number of nitrogens with two attached hydrogens (primary N) is 1. The lowest BCUT2D eigenvalue weighted by Gasteiger charge is -2.50. The number of carbonyl (C=O) groups excluding carboxylic acids is 1. The average Bonchev–Trinajstić information content (AvgIpc) is 2.73. The van der Waals surface area contributed by atoms with Gasteiger partial charge in [0.25, 0.3) is 0 Å². The van der Waals surface area contributed by atoms with Crippen molar-refractivity contribution in [1.29, 1.82) is 0 Å². The molecule has 31 heavy (non-hydrogen) atoms. The molecule has 2 fully saturated rings. The fraction of sp³-hybridized carbons (Fsp3) is 0.950. The van der Waals surface area contributed by atoms with E-state index in [2.05, 4.69) is 5.32 Å². The van der Waals surface area contributed by atoms with Gasteiger partial charge in [0.15, 0.2) is 0 Å². The summed E-state index contributed by atoms with van der Waals surface area (Å²) in [5.74, 6) is -1.47. The second-order valence-electron chi connectivity index (χ2n) is 9.18. The van der Waals surface area contributed by atoms with Crippen LogP contribution in [-0.4, -0.2) is 112 Å². The highest BCUT2D eigenvalue weighted by atomic mass is 16.6. The zero-order valence-corrected chi connectivity index (χ0v) is 18.6. The Morgan fingerprint density at radius 2 is 1.65 bits per heavy atom. The van der Waals surface area contributed by atoms with Gasteiger partial charge in [0.2, 0.25) is 5.91 Å². The first-order chi connectivity index (χ1) is 14.4. The van der Waals surface area contributed by atoms with Crippen LogP contribution in [-0.2, 0) is 19.0 Å². The number of rotatable bonds is 8. The summed E-state index contributed by atoms with van der Waals surface area (Å²) in [6, 6.07) is -1.69. The fourth-order valence-corrected chi connectivity index (χ4v) is 4.48. The molecule has 0 aromatic rings. The second-order valence-corrected chi connectivity index (χ2v) is 9.18. The third-order valence-electron chi connectivity index (χ3n) is 6.69. The van der Waals surface area contributed by atoms with E-state index in [1.165, 1.54) is 6.92 Å². The van der Waals surface area contributed by atoms with Crippen molar-refractivity contribution >= 4 is 5.91 Å². The Morgan fingerprint density at radius 1 is 1.06 bits per heavy atom. The van der Waals surface area contributed by atoms with Crippen LogP contribution in [0.4, 0.5) is 0 Å². The molecule has 0 bridgehead atoms. The Labute approximate surface area is 182 Å². The second kappa shape index (κ2) is 10.4. The van der Waals surface area contributed by atoms with Gasteiger partial charge in [-0.25, -0.2) is 0 Å². The van der Waals surface area contributed by atoms with Gasteiger partial charge in [-0.3, -0.25) is 4.79 Å². The normalized spacial score (nSPS) is 46.0. The Kier molecular flexibility index (Phi) is 8.81. The molecule has 2 aliphatic heterocycles. The van der Waals surface area contributed by atoms with Gasteiger partial charge in [0.05, 0.1) is 69.5 Å². The molecule has 0 spiro atoms. The maximum absolute atomic E-state index is 11.6. The summed E-state index contributed by atoms with van der Waals surface area (Å²) >= 11 is 0. The Balaban J connectivity index is 2.11. The van der Waals surface area contributed by atoms with Crippen LogP contribution in [0.2, 0.25) is 0 Å². The molecule has 2 saturated heterocycles. The number of carbonyl (C=O) groups is 1. The number of hydrogen-bond acceptors (Lipinski definition) is 10. The molecule has 0 unspecified atom stereocenters. The van der Waals surface area contributed by atoms with E-state index in [-0.39, 0.29) is 25.7 Å². The molecule has 0 radical (unpaired) electrons. The maximum Gasteiger partial charge on any atom is 0.217 e. The highest BCUT2D eigenvalue weighted by Gasteiger charge is 2.52. The molecule has 2 aliphatic rings. The molecule has 0 aromatic carbocycles. The van der Waals surface area contributed by atoms with Crippen molar-refractivity contribution in [1.82, 2.24) is 5.32 Å². The minimum absolute atomic E-state index is 0.0438. The molecular weight excluding hydrogens is 412 g/mol. The molecule has 2 heterocycles. The maximum atomic E-state index is 11.6. The van der Waals surface area contributed by atoms with Crippen LogP contribution in [0.15, 0.2) is 0 Å². The lowest BCUT2D eigenvalue weighted by Crippen LogP contribution is -2.69. The Hall–Kier alpha value is -0.890. The smallest absolute Gasteiger partial charge is 0.217 e. The van der Waals surface area contributed by atoms with E-state index in [0.29, 0.717) is 0 Å². The van der Waals surface area contributed by atoms with Gasteiger partial charge >= 0.3 is 0 Å². The highest BCUT2D eigenvalue weighted by molar-refractivity contribution is 5.73. The molecule has 2 rings (SSSR count). The van der Waals surface area contributed by atoms with Crippen molar-refractivity contribution in [2.75, 3.05) is 33.0 Å². The van der Waals surface area contributed by atoms with Crippen LogP contribution in [0.3, 0.4) is 0 Å². The summed E-state index contributed by atoms with van der Waals surface area (Å²) in [7, 11) is 0. The van der Waals surface area contributed by atoms with E-state index in [1.807, 2.05) is 0 Å². The van der Waals surface area contributed by atoms with Crippen molar-refractivity contribution < 1.29 is 44.5 Å². The molecule has 11 heteroatoms. The van der Waals surface area contributed by atoms with Crippen molar-refractivity contribution in [3.8, 4) is 0 Å². The molecule has 11 nitrogen and oxygen atoms in total. The third kappa shape index (κ3) is 5.37. The molecule has 0 aromatic heterocycles. The quantitative estimate of drug-likeness (QED) is 0.202. The lowest BCUT2D eigenvalue weighted by molar-refractivity contribution is -0.245. The lowest BCUT2D eigenvalue weighted by atomic mass is 9.79. The van der Waals surface area contributed by atoms with Crippen LogP contribution in [0.25, 0.3) is 0 Å². The average molecular weight is 451 g/mol. The molecular formula is C20H38N2O9. The molecule has 1 amide bonds. The third-order valence-corrected chi connectivity index (χ3v) is 6.69. The fourth-order valence-electron chi connectivity index (χ4n) is 4.48. The highest BCUT2D eigenvalue weighted by Crippen LogP contribution is 2.35. The topological polar surface area (TPSA) is 184 Å². The van der Waals surface area contributed by atoms with Crippen LogP contribution >= 0.6 is 0 Å². The van der Waals surface area contributed by atoms with E-state index >= 15 is 0 Å². The SMILES string of the molecule is CC(=O)N[C@@H]1[C@@H](O)[C@H](COC[C@]2(C)O[C@H](CO)[C@@H](C)[C@H](O)[C@H]2N)[C@@H](CO)O[C@@]1(C)CO. The van der Waals surface area contributed by atoms with Gasteiger partial charge in [0, 0.05) is 18.8 Å². The molecule has 10 atom stereocenters. The predicted molar refractivity (Wildman–Crippen MR) is 109 cm³/mol. The van der Waals surface area contributed by atoms with Crippen molar-refractivity contribution in [2.45, 2.75) is 75.4 Å². The minimum atomic E-state index is -1.29.